The molecular formula is C17H15F3N6. The number of hydrogen-bond donors (Lipinski definition) is 0. The van der Waals surface area contributed by atoms with Gasteiger partial charge in [0, 0.05) is 11.5 Å². The summed E-state index contributed by atoms with van der Waals surface area (Å²) >= 11 is 0. The SMILES string of the molecule is [N-]=[N+]=NCc1nncn1CC1(C(F)(F)F)C=CC(c2ccccc2)=CC1. The van der Waals surface area contributed by atoms with E-state index in [4.69, 9.17) is 5.53 Å². The number of allylic oxidation sites excluding steroid dienone is 4. The van der Waals surface area contributed by atoms with Crippen molar-refractivity contribution >= 4 is 5.57 Å². The molecule has 1 unspecified atom stereocenters. The van der Waals surface area contributed by atoms with Gasteiger partial charge in [0.05, 0.1) is 6.54 Å². The van der Waals surface area contributed by atoms with Crippen LogP contribution in [0.3, 0.4) is 0 Å². The Morgan fingerprint density at radius 1 is 1.27 bits per heavy atom. The molecule has 1 aromatic heterocycles. The van der Waals surface area contributed by atoms with E-state index in [0.717, 1.165) is 11.1 Å². The molecule has 0 saturated carbocycles. The van der Waals surface area contributed by atoms with Gasteiger partial charge in [0.2, 0.25) is 0 Å². The number of aromatic nitrogens is 3. The molecule has 0 spiro atoms. The second-order valence-electron chi connectivity index (χ2n) is 5.98. The molecule has 0 amide bonds. The quantitative estimate of drug-likeness (QED) is 0.441. The highest BCUT2D eigenvalue weighted by Crippen LogP contribution is 2.47. The lowest BCUT2D eigenvalue weighted by Gasteiger charge is -2.35. The molecule has 0 N–H and O–H groups in total. The van der Waals surface area contributed by atoms with Crippen LogP contribution in [-0.4, -0.2) is 20.9 Å². The Bertz CT molecular complexity index is 877. The predicted molar refractivity (Wildman–Crippen MR) is 89.5 cm³/mol. The Kier molecular flexibility index (Phi) is 4.81. The molecule has 1 aliphatic rings. The molecule has 0 saturated heterocycles. The third-order valence-electron chi connectivity index (χ3n) is 4.36. The molecule has 0 bridgehead atoms. The van der Waals surface area contributed by atoms with Crippen LogP contribution in [0, 0.1) is 5.41 Å². The Morgan fingerprint density at radius 2 is 2.04 bits per heavy atom. The first-order valence-electron chi connectivity index (χ1n) is 7.84. The minimum absolute atomic E-state index is 0.154. The smallest absolute Gasteiger partial charge is 0.316 e. The number of alkyl halides is 3. The maximum absolute atomic E-state index is 13.9. The third-order valence-corrected chi connectivity index (χ3v) is 4.36. The molecule has 6 nitrogen and oxygen atoms in total. The van der Waals surface area contributed by atoms with E-state index in [1.165, 1.54) is 23.0 Å². The van der Waals surface area contributed by atoms with Crippen molar-refractivity contribution in [3.63, 3.8) is 0 Å². The zero-order chi connectivity index (χ0) is 18.6. The van der Waals surface area contributed by atoms with Crippen molar-refractivity contribution < 1.29 is 13.2 Å². The van der Waals surface area contributed by atoms with Gasteiger partial charge in [-0.2, -0.15) is 13.2 Å². The Balaban J connectivity index is 1.89. The van der Waals surface area contributed by atoms with E-state index < -0.39 is 11.6 Å². The number of halogens is 3. The molecule has 3 rings (SSSR count). The molecule has 0 aliphatic heterocycles. The average molecular weight is 360 g/mol. The summed E-state index contributed by atoms with van der Waals surface area (Å²) in [6.45, 7) is -0.534. The summed E-state index contributed by atoms with van der Waals surface area (Å²) in [4.78, 5) is 2.61. The average Bonchev–Trinajstić information content (AvgIpc) is 3.07. The summed E-state index contributed by atoms with van der Waals surface area (Å²) in [6.07, 6.45) is 0.870. The summed E-state index contributed by atoms with van der Waals surface area (Å²) in [5.74, 6) is 0.192. The molecular weight excluding hydrogens is 345 g/mol. The van der Waals surface area contributed by atoms with E-state index in [9.17, 15) is 13.2 Å². The van der Waals surface area contributed by atoms with Crippen molar-refractivity contribution in [2.24, 2.45) is 10.5 Å². The molecule has 134 valence electrons. The lowest BCUT2D eigenvalue weighted by atomic mass is 9.78. The maximum Gasteiger partial charge on any atom is 0.399 e. The second kappa shape index (κ2) is 7.05. The molecule has 1 aliphatic carbocycles. The number of azide groups is 1. The van der Waals surface area contributed by atoms with Crippen LogP contribution in [0.1, 0.15) is 17.8 Å². The van der Waals surface area contributed by atoms with Gasteiger partial charge in [-0.25, -0.2) is 0 Å². The van der Waals surface area contributed by atoms with Gasteiger partial charge in [0.1, 0.15) is 17.6 Å². The predicted octanol–water partition coefficient (Wildman–Crippen LogP) is 4.68. The molecule has 1 atom stereocenters. The normalized spacial score (nSPS) is 19.7. The summed E-state index contributed by atoms with van der Waals surface area (Å²) in [5.41, 5.74) is 7.95. The first kappa shape index (κ1) is 17.8. The van der Waals surface area contributed by atoms with Crippen LogP contribution < -0.4 is 0 Å². The van der Waals surface area contributed by atoms with Crippen molar-refractivity contribution in [2.75, 3.05) is 0 Å². The third kappa shape index (κ3) is 3.48. The zero-order valence-corrected chi connectivity index (χ0v) is 13.6. The largest absolute Gasteiger partial charge is 0.399 e. The van der Waals surface area contributed by atoms with E-state index in [1.54, 1.807) is 6.08 Å². The second-order valence-corrected chi connectivity index (χ2v) is 5.98. The molecule has 1 aromatic carbocycles. The number of hydrogen-bond acceptors (Lipinski definition) is 3. The highest BCUT2D eigenvalue weighted by atomic mass is 19.4. The Morgan fingerprint density at radius 3 is 2.65 bits per heavy atom. The zero-order valence-electron chi connectivity index (χ0n) is 13.6. The van der Waals surface area contributed by atoms with E-state index in [1.807, 2.05) is 30.3 Å². The molecule has 0 fully saturated rings. The fraction of sp³-hybridized carbons (Fsp3) is 0.294. The van der Waals surface area contributed by atoms with Crippen LogP contribution in [0.2, 0.25) is 0 Å². The molecule has 0 radical (unpaired) electrons. The van der Waals surface area contributed by atoms with Crippen LogP contribution in [0.15, 0.2) is 60.0 Å². The number of rotatable bonds is 5. The Labute approximate surface area is 147 Å². The number of nitrogens with zero attached hydrogens (tertiary/aromatic N) is 6. The van der Waals surface area contributed by atoms with Crippen LogP contribution in [0.5, 0.6) is 0 Å². The van der Waals surface area contributed by atoms with Crippen molar-refractivity contribution in [3.05, 3.63) is 76.7 Å². The summed E-state index contributed by atoms with van der Waals surface area (Å²) < 4.78 is 42.9. The lowest BCUT2D eigenvalue weighted by molar-refractivity contribution is -0.209. The van der Waals surface area contributed by atoms with E-state index in [2.05, 4.69) is 20.2 Å². The lowest BCUT2D eigenvalue weighted by Crippen LogP contribution is -2.41. The summed E-state index contributed by atoms with van der Waals surface area (Å²) in [6, 6.07) is 9.25. The molecule has 26 heavy (non-hydrogen) atoms. The van der Waals surface area contributed by atoms with E-state index in [0.29, 0.717) is 0 Å². The topological polar surface area (TPSA) is 79.5 Å². The van der Waals surface area contributed by atoms with Crippen molar-refractivity contribution in [1.29, 1.82) is 0 Å². The van der Waals surface area contributed by atoms with Gasteiger partial charge < -0.3 is 4.57 Å². The minimum atomic E-state index is -4.46. The number of benzene rings is 1. The monoisotopic (exact) mass is 360 g/mol. The van der Waals surface area contributed by atoms with Crippen LogP contribution in [-0.2, 0) is 13.1 Å². The summed E-state index contributed by atoms with van der Waals surface area (Å²) in [7, 11) is 0. The first-order chi connectivity index (χ1) is 12.5. The van der Waals surface area contributed by atoms with Gasteiger partial charge in [-0.3, -0.25) is 0 Å². The van der Waals surface area contributed by atoms with Crippen LogP contribution in [0.4, 0.5) is 13.2 Å². The molecule has 1 heterocycles. The van der Waals surface area contributed by atoms with Gasteiger partial charge >= 0.3 is 6.18 Å². The minimum Gasteiger partial charge on any atom is -0.316 e. The molecule has 2 aromatic rings. The standard InChI is InChI=1S/C17H15F3N6/c18-17(19,20)16(11-26-12-23-24-15(26)10-22-25-21)8-6-14(7-9-16)13-4-2-1-3-5-13/h1-8,12H,9-11H2. The van der Waals surface area contributed by atoms with Crippen LogP contribution >= 0.6 is 0 Å². The van der Waals surface area contributed by atoms with E-state index in [-0.39, 0.29) is 25.3 Å². The van der Waals surface area contributed by atoms with Gasteiger partial charge in [-0.1, -0.05) is 53.7 Å². The van der Waals surface area contributed by atoms with E-state index >= 15 is 0 Å². The fourth-order valence-electron chi connectivity index (χ4n) is 2.87. The van der Waals surface area contributed by atoms with Crippen LogP contribution in [0.25, 0.3) is 16.0 Å². The highest BCUT2D eigenvalue weighted by molar-refractivity contribution is 5.75. The van der Waals surface area contributed by atoms with Crippen molar-refractivity contribution in [2.45, 2.75) is 25.7 Å². The fourth-order valence-corrected chi connectivity index (χ4v) is 2.87. The van der Waals surface area contributed by atoms with Crippen molar-refractivity contribution in [1.82, 2.24) is 14.8 Å². The van der Waals surface area contributed by atoms with Gasteiger partial charge in [0.15, 0.2) is 0 Å². The summed E-state index contributed by atoms with van der Waals surface area (Å²) in [5, 5.41) is 10.7. The van der Waals surface area contributed by atoms with Gasteiger partial charge in [-0.15, -0.1) is 10.2 Å². The Hall–Kier alpha value is -3.06. The van der Waals surface area contributed by atoms with Gasteiger partial charge in [0.25, 0.3) is 0 Å². The molecule has 9 heteroatoms. The first-order valence-corrected chi connectivity index (χ1v) is 7.84. The highest BCUT2D eigenvalue weighted by Gasteiger charge is 2.53. The van der Waals surface area contributed by atoms with Gasteiger partial charge in [-0.05, 0) is 23.1 Å². The maximum atomic E-state index is 13.9. The van der Waals surface area contributed by atoms with Crippen molar-refractivity contribution in [3.8, 4) is 0 Å².